The summed E-state index contributed by atoms with van der Waals surface area (Å²) in [5.41, 5.74) is 0.909. The first-order chi connectivity index (χ1) is 9.97. The van der Waals surface area contributed by atoms with E-state index in [4.69, 9.17) is 0 Å². The molecule has 4 aliphatic rings. The Morgan fingerprint density at radius 1 is 0.909 bits per heavy atom. The summed E-state index contributed by atoms with van der Waals surface area (Å²) in [6.07, 6.45) is 6.83. The highest BCUT2D eigenvalue weighted by atomic mass is 16.3. The van der Waals surface area contributed by atoms with E-state index < -0.39 is 0 Å². The Labute approximate surface area is 136 Å². The van der Waals surface area contributed by atoms with Crippen LogP contribution in [0.3, 0.4) is 0 Å². The molecule has 4 bridgehead atoms. The molecule has 5 unspecified atom stereocenters. The predicted molar refractivity (Wildman–Crippen MR) is 89.5 cm³/mol. The van der Waals surface area contributed by atoms with Crippen LogP contribution in [0.2, 0.25) is 0 Å². The normalized spacial score (nSPS) is 50.1. The number of carbonyl (C=O) groups is 1. The van der Waals surface area contributed by atoms with Crippen LogP contribution in [0.5, 0.6) is 0 Å². The minimum absolute atomic E-state index is 0.0255. The first-order valence-corrected chi connectivity index (χ1v) is 9.18. The van der Waals surface area contributed by atoms with E-state index in [2.05, 4.69) is 41.5 Å². The number of aliphatic hydroxyl groups is 1. The molecule has 0 heterocycles. The third-order valence-electron chi connectivity index (χ3n) is 9.23. The van der Waals surface area contributed by atoms with Crippen LogP contribution in [-0.2, 0) is 4.79 Å². The fourth-order valence-corrected chi connectivity index (χ4v) is 6.06. The van der Waals surface area contributed by atoms with Crippen molar-refractivity contribution in [1.29, 1.82) is 0 Å². The molecule has 0 spiro atoms. The Balaban J connectivity index is 0.000000131. The molecule has 22 heavy (non-hydrogen) atoms. The van der Waals surface area contributed by atoms with Gasteiger partial charge in [0.2, 0.25) is 0 Å². The topological polar surface area (TPSA) is 37.3 Å². The molecular formula is C20H34O2. The molecule has 2 nitrogen and oxygen atoms in total. The summed E-state index contributed by atoms with van der Waals surface area (Å²) >= 11 is 0. The molecule has 0 amide bonds. The average Bonchev–Trinajstić information content (AvgIpc) is 2.91. The van der Waals surface area contributed by atoms with Crippen LogP contribution in [-0.4, -0.2) is 17.0 Å². The van der Waals surface area contributed by atoms with Gasteiger partial charge in [-0.25, -0.2) is 0 Å². The molecule has 2 heteroatoms. The van der Waals surface area contributed by atoms with Crippen LogP contribution >= 0.6 is 0 Å². The standard InChI is InChI=1S/C10H18O.C10H16O/c2*1-9(2)7-4-5-10(9,3)8(11)6-7/h7-8,11H,4-6H2,1-3H3;7H,4-6H2,1-3H3. The van der Waals surface area contributed by atoms with Gasteiger partial charge in [0, 0.05) is 11.8 Å². The van der Waals surface area contributed by atoms with E-state index in [1.807, 2.05) is 0 Å². The first kappa shape index (κ1) is 16.5. The van der Waals surface area contributed by atoms with Crippen LogP contribution in [0.25, 0.3) is 0 Å². The lowest BCUT2D eigenvalue weighted by Gasteiger charge is -2.36. The largest absolute Gasteiger partial charge is 0.393 e. The quantitative estimate of drug-likeness (QED) is 0.710. The average molecular weight is 306 g/mol. The zero-order valence-corrected chi connectivity index (χ0v) is 15.3. The lowest BCUT2D eigenvalue weighted by Crippen LogP contribution is -2.35. The lowest BCUT2D eigenvalue weighted by atomic mass is 9.70. The zero-order chi connectivity index (χ0) is 16.6. The molecule has 0 aliphatic heterocycles. The number of Topliss-reactive ketones (excluding diaryl/α,β-unsaturated/α-hetero) is 1. The maximum Gasteiger partial charge on any atom is 0.139 e. The summed E-state index contributed by atoms with van der Waals surface area (Å²) in [6, 6.07) is 0. The molecule has 4 fully saturated rings. The van der Waals surface area contributed by atoms with Gasteiger partial charge in [-0.1, -0.05) is 41.5 Å². The summed E-state index contributed by atoms with van der Waals surface area (Å²) in [5.74, 6) is 1.97. The molecule has 1 N–H and O–H groups in total. The highest BCUT2D eigenvalue weighted by molar-refractivity contribution is 5.89. The van der Waals surface area contributed by atoms with Gasteiger partial charge in [0.1, 0.15) is 5.78 Å². The molecule has 4 saturated carbocycles. The van der Waals surface area contributed by atoms with Crippen molar-refractivity contribution in [3.63, 3.8) is 0 Å². The van der Waals surface area contributed by atoms with Crippen LogP contribution < -0.4 is 0 Å². The van der Waals surface area contributed by atoms with Gasteiger partial charge in [0.15, 0.2) is 0 Å². The highest BCUT2D eigenvalue weighted by Gasteiger charge is 2.61. The Bertz CT molecular complexity index is 492. The summed E-state index contributed by atoms with van der Waals surface area (Å²) < 4.78 is 0. The second kappa shape index (κ2) is 4.59. The molecule has 0 aromatic rings. The summed E-state index contributed by atoms with van der Waals surface area (Å²) in [6.45, 7) is 13.6. The maximum atomic E-state index is 11.6. The van der Waals surface area contributed by atoms with E-state index in [1.165, 1.54) is 19.3 Å². The monoisotopic (exact) mass is 306 g/mol. The van der Waals surface area contributed by atoms with Crippen LogP contribution in [0, 0.1) is 33.5 Å². The van der Waals surface area contributed by atoms with Crippen molar-refractivity contribution in [2.24, 2.45) is 33.5 Å². The third kappa shape index (κ3) is 1.79. The molecule has 0 aromatic carbocycles. The number of fused-ring (bicyclic) bond motifs is 4. The van der Waals surface area contributed by atoms with Gasteiger partial charge in [0.05, 0.1) is 6.10 Å². The molecule has 0 saturated heterocycles. The molecule has 0 radical (unpaired) electrons. The Morgan fingerprint density at radius 3 is 1.68 bits per heavy atom. The number of rotatable bonds is 0. The minimum atomic E-state index is -0.0313. The van der Waals surface area contributed by atoms with Gasteiger partial charge in [0.25, 0.3) is 0 Å². The van der Waals surface area contributed by atoms with Crippen molar-refractivity contribution < 1.29 is 9.90 Å². The van der Waals surface area contributed by atoms with Crippen LogP contribution in [0.4, 0.5) is 0 Å². The van der Waals surface area contributed by atoms with Crippen LogP contribution in [0.15, 0.2) is 0 Å². The van der Waals surface area contributed by atoms with E-state index in [-0.39, 0.29) is 22.3 Å². The van der Waals surface area contributed by atoms with E-state index >= 15 is 0 Å². The van der Waals surface area contributed by atoms with Gasteiger partial charge >= 0.3 is 0 Å². The maximum absolute atomic E-state index is 11.6. The van der Waals surface area contributed by atoms with Crippen molar-refractivity contribution in [1.82, 2.24) is 0 Å². The van der Waals surface area contributed by atoms with E-state index in [0.29, 0.717) is 17.1 Å². The fraction of sp³-hybridized carbons (Fsp3) is 0.950. The number of ketones is 1. The summed E-state index contributed by atoms with van der Waals surface area (Å²) in [4.78, 5) is 11.6. The number of hydrogen-bond acceptors (Lipinski definition) is 2. The predicted octanol–water partition coefficient (Wildman–Crippen LogP) is 4.60. The molecule has 0 aromatic heterocycles. The fourth-order valence-electron chi connectivity index (χ4n) is 6.06. The second-order valence-electron chi connectivity index (χ2n) is 10.0. The van der Waals surface area contributed by atoms with Crippen molar-refractivity contribution in [2.45, 2.75) is 86.2 Å². The van der Waals surface area contributed by atoms with E-state index in [0.717, 1.165) is 25.2 Å². The van der Waals surface area contributed by atoms with E-state index in [1.54, 1.807) is 0 Å². The van der Waals surface area contributed by atoms with Crippen molar-refractivity contribution >= 4 is 5.78 Å². The summed E-state index contributed by atoms with van der Waals surface area (Å²) in [7, 11) is 0. The smallest absolute Gasteiger partial charge is 0.139 e. The second-order valence-corrected chi connectivity index (χ2v) is 10.0. The molecule has 5 atom stereocenters. The number of aliphatic hydroxyl groups excluding tert-OH is 1. The van der Waals surface area contributed by atoms with Crippen LogP contribution in [0.1, 0.15) is 80.1 Å². The summed E-state index contributed by atoms with van der Waals surface area (Å²) in [5, 5.41) is 9.81. The molecule has 4 rings (SSSR count). The first-order valence-electron chi connectivity index (χ1n) is 9.18. The van der Waals surface area contributed by atoms with Crippen molar-refractivity contribution in [3.05, 3.63) is 0 Å². The van der Waals surface area contributed by atoms with Gasteiger partial charge in [-0.05, 0) is 60.2 Å². The van der Waals surface area contributed by atoms with Gasteiger partial charge in [-0.3, -0.25) is 4.79 Å². The SMILES string of the molecule is CC1(C)C2CCC1(C)C(O)C2.CC12CCC(CC1=O)C2(C)C. The lowest BCUT2D eigenvalue weighted by molar-refractivity contribution is -0.128. The van der Waals surface area contributed by atoms with E-state index in [9.17, 15) is 9.90 Å². The highest BCUT2D eigenvalue weighted by Crippen LogP contribution is 2.65. The minimum Gasteiger partial charge on any atom is -0.393 e. The number of carbonyl (C=O) groups excluding carboxylic acids is 1. The van der Waals surface area contributed by atoms with Gasteiger partial charge < -0.3 is 5.11 Å². The third-order valence-corrected chi connectivity index (χ3v) is 9.23. The molecular weight excluding hydrogens is 272 g/mol. The van der Waals surface area contributed by atoms with Gasteiger partial charge in [-0.2, -0.15) is 0 Å². The zero-order valence-electron chi connectivity index (χ0n) is 15.3. The Hall–Kier alpha value is -0.370. The Morgan fingerprint density at radius 2 is 1.50 bits per heavy atom. The number of hydrogen-bond donors (Lipinski definition) is 1. The Kier molecular flexibility index (Phi) is 3.44. The van der Waals surface area contributed by atoms with Crippen molar-refractivity contribution in [2.75, 3.05) is 0 Å². The van der Waals surface area contributed by atoms with Gasteiger partial charge in [-0.15, -0.1) is 0 Å². The molecule has 4 aliphatic carbocycles. The molecule has 126 valence electrons. The van der Waals surface area contributed by atoms with Crippen molar-refractivity contribution in [3.8, 4) is 0 Å².